The molecule has 2 heterocycles. The molecule has 2 fully saturated rings. The van der Waals surface area contributed by atoms with Crippen LogP contribution in [0.5, 0.6) is 0 Å². The van der Waals surface area contributed by atoms with Crippen LogP contribution in [0.1, 0.15) is 124 Å². The van der Waals surface area contributed by atoms with E-state index in [2.05, 4.69) is 4.90 Å². The molecule has 2 aromatic carbocycles. The van der Waals surface area contributed by atoms with E-state index < -0.39 is 96.1 Å². The maximum absolute atomic E-state index is 15.0. The van der Waals surface area contributed by atoms with E-state index in [0.29, 0.717) is 17.7 Å². The minimum Gasteiger partial charge on any atom is -0.451 e. The third kappa shape index (κ3) is 18.6. The third-order valence-electron chi connectivity index (χ3n) is 14.5. The smallest absolute Gasteiger partial charge is 0.329 e. The molecule has 2 aliphatic heterocycles. The largest absolute Gasteiger partial charge is 0.451 e. The summed E-state index contributed by atoms with van der Waals surface area (Å²) in [6.07, 6.45) is -3.56. The number of hydrogen-bond donors (Lipinski definition) is 0. The SMILES string of the molecule is COC1CCN(Cc2ccc(C[C@H]3OC(=O)[C@H](CC(C)C)N(C)C(=O)[C@@H](C)OC(=O)[C@H](CC(C)C)N(C)C(=O)[C@@H](Cc4ccccc4)OC(=O)[C@H](CC(C)C)N(C)C(=O)[C@@H](C)OC(=O)[C@H](CC(C)C)N(C)C3=O)cc2)CC1. The zero-order chi connectivity index (χ0) is 57.4. The van der Waals surface area contributed by atoms with Crippen LogP contribution in [0.4, 0.5) is 0 Å². The second-order valence-electron chi connectivity index (χ2n) is 22.8. The molecule has 18 nitrogen and oxygen atoms in total. The van der Waals surface area contributed by atoms with Crippen LogP contribution in [0.25, 0.3) is 0 Å². The quantitative estimate of drug-likeness (QED) is 0.143. The van der Waals surface area contributed by atoms with Gasteiger partial charge in [-0.2, -0.15) is 0 Å². The fourth-order valence-corrected chi connectivity index (χ4v) is 9.86. The molecular formula is C59H89N5O13. The molecule has 8 atom stereocenters. The van der Waals surface area contributed by atoms with Crippen LogP contribution in [0.3, 0.4) is 0 Å². The highest BCUT2D eigenvalue weighted by Gasteiger charge is 2.43. The number of hydrogen-bond acceptors (Lipinski definition) is 14. The fraction of sp³-hybridized carbons (Fsp3) is 0.661. The average molecular weight is 1080 g/mol. The standard InChI is InChI=1S/C59H89N5O13/c1-36(2)29-46-56(69)74-41(10)53(66)61(12)49(32-39(7)8)59(72)77-51(34-43-21-23-44(24-22-43)35-64-27-25-45(73-15)26-28-64)55(68)63(14)47(30-37(3)4)57(70)75-40(9)52(65)60(11)48(31-38(5)6)58(71)76-50(54(67)62(46)13)33-42-19-17-16-18-20-42/h16-24,36-41,45-51H,25-35H2,1-15H3/t40-,41-,46+,47+,48+,49+,50-,51-/m1/s1. The molecule has 0 saturated carbocycles. The highest BCUT2D eigenvalue weighted by atomic mass is 16.6. The summed E-state index contributed by atoms with van der Waals surface area (Å²) in [7, 11) is 7.34. The lowest BCUT2D eigenvalue weighted by molar-refractivity contribution is -0.176. The summed E-state index contributed by atoms with van der Waals surface area (Å²) in [5.41, 5.74) is 2.36. The van der Waals surface area contributed by atoms with Gasteiger partial charge >= 0.3 is 23.9 Å². The molecular weight excluding hydrogens is 987 g/mol. The number of rotatable bonds is 15. The van der Waals surface area contributed by atoms with Crippen molar-refractivity contribution in [3.05, 3.63) is 71.3 Å². The Morgan fingerprint density at radius 1 is 0.455 bits per heavy atom. The Bertz CT molecular complexity index is 2270. The molecule has 2 aromatic rings. The van der Waals surface area contributed by atoms with Crippen LogP contribution in [-0.2, 0) is 81.4 Å². The number of ether oxygens (including phenoxy) is 5. The Morgan fingerprint density at radius 3 is 1.10 bits per heavy atom. The normalized spacial score (nSPS) is 25.4. The summed E-state index contributed by atoms with van der Waals surface area (Å²) in [6.45, 7) is 20.1. The van der Waals surface area contributed by atoms with Crippen LogP contribution < -0.4 is 0 Å². The third-order valence-corrected chi connectivity index (χ3v) is 14.5. The maximum Gasteiger partial charge on any atom is 0.329 e. The van der Waals surface area contributed by atoms with Gasteiger partial charge in [-0.3, -0.25) is 24.1 Å². The molecule has 0 bridgehead atoms. The van der Waals surface area contributed by atoms with Gasteiger partial charge in [-0.05, 0) is 92.7 Å². The van der Waals surface area contributed by atoms with Crippen molar-refractivity contribution in [1.29, 1.82) is 0 Å². The maximum atomic E-state index is 15.0. The Morgan fingerprint density at radius 2 is 0.766 bits per heavy atom. The van der Waals surface area contributed by atoms with Crippen LogP contribution in [-0.4, -0.2) is 175 Å². The molecule has 0 aromatic heterocycles. The van der Waals surface area contributed by atoms with E-state index in [1.165, 1.54) is 46.9 Å². The summed E-state index contributed by atoms with van der Waals surface area (Å²) >= 11 is 0. The van der Waals surface area contributed by atoms with Gasteiger partial charge in [0.25, 0.3) is 23.6 Å². The minimum atomic E-state index is -1.50. The number of likely N-dealkylation sites (N-methyl/N-ethyl adjacent to an activating group) is 4. The molecule has 0 spiro atoms. The second-order valence-corrected chi connectivity index (χ2v) is 22.8. The van der Waals surface area contributed by atoms with Crippen molar-refractivity contribution in [2.45, 2.75) is 182 Å². The first-order valence-corrected chi connectivity index (χ1v) is 27.5. The van der Waals surface area contributed by atoms with Crippen LogP contribution in [0.2, 0.25) is 0 Å². The van der Waals surface area contributed by atoms with Crippen LogP contribution >= 0.6 is 0 Å². The first-order chi connectivity index (χ1) is 36.2. The molecule has 2 aliphatic rings. The van der Waals surface area contributed by atoms with Gasteiger partial charge in [-0.15, -0.1) is 0 Å². The van der Waals surface area contributed by atoms with E-state index in [9.17, 15) is 38.4 Å². The van der Waals surface area contributed by atoms with Crippen molar-refractivity contribution in [3.8, 4) is 0 Å². The molecule has 0 N–H and O–H groups in total. The number of amides is 4. The Kier molecular flexibility index (Phi) is 24.6. The van der Waals surface area contributed by atoms with Gasteiger partial charge < -0.3 is 43.3 Å². The first-order valence-electron chi connectivity index (χ1n) is 27.5. The molecule has 4 amide bonds. The predicted molar refractivity (Wildman–Crippen MR) is 291 cm³/mol. The number of nitrogens with zero attached hydrogens (tertiary/aromatic N) is 5. The number of cyclic esters (lactones) is 4. The molecule has 18 heteroatoms. The minimum absolute atomic E-state index is 0.0852. The van der Waals surface area contributed by atoms with Gasteiger partial charge in [-0.1, -0.05) is 110 Å². The van der Waals surface area contributed by atoms with Crippen LogP contribution in [0.15, 0.2) is 54.6 Å². The van der Waals surface area contributed by atoms with E-state index in [1.54, 1.807) is 37.4 Å². The zero-order valence-corrected chi connectivity index (χ0v) is 48.5. The van der Waals surface area contributed by atoms with Gasteiger partial charge in [0, 0.05) is 67.8 Å². The predicted octanol–water partition coefficient (Wildman–Crippen LogP) is 6.28. The van der Waals surface area contributed by atoms with Crippen molar-refractivity contribution in [2.24, 2.45) is 23.7 Å². The lowest BCUT2D eigenvalue weighted by Crippen LogP contribution is -2.55. The Hall–Kier alpha value is -5.88. The van der Waals surface area contributed by atoms with Crippen molar-refractivity contribution in [2.75, 3.05) is 48.4 Å². The van der Waals surface area contributed by atoms with E-state index in [-0.39, 0.29) is 68.3 Å². The number of benzene rings is 2. The molecule has 4 rings (SSSR count). The number of carbonyl (C=O) groups excluding carboxylic acids is 8. The van der Waals surface area contributed by atoms with Crippen LogP contribution in [0, 0.1) is 23.7 Å². The summed E-state index contributed by atoms with van der Waals surface area (Å²) in [5, 5.41) is 0. The number of likely N-dealkylation sites (tertiary alicyclic amines) is 1. The van der Waals surface area contributed by atoms with E-state index in [1.807, 2.05) is 79.7 Å². The average Bonchev–Trinajstić information content (AvgIpc) is 3.38. The van der Waals surface area contributed by atoms with Gasteiger partial charge in [0.1, 0.15) is 24.2 Å². The lowest BCUT2D eigenvalue weighted by atomic mass is 9.99. The molecule has 77 heavy (non-hydrogen) atoms. The van der Waals surface area contributed by atoms with Gasteiger partial charge in [0.2, 0.25) is 0 Å². The highest BCUT2D eigenvalue weighted by molar-refractivity contribution is 5.94. The van der Waals surface area contributed by atoms with E-state index in [4.69, 9.17) is 23.7 Å². The monoisotopic (exact) mass is 1080 g/mol. The topological polar surface area (TPSA) is 199 Å². The number of methoxy groups -OCH3 is 1. The molecule has 0 radical (unpaired) electrons. The second kappa shape index (κ2) is 29.7. The van der Waals surface area contributed by atoms with Gasteiger partial charge in [-0.25, -0.2) is 19.2 Å². The first kappa shape index (κ1) is 63.7. The molecule has 428 valence electrons. The summed E-state index contributed by atoms with van der Waals surface area (Å²) < 4.78 is 29.6. The van der Waals surface area contributed by atoms with Crippen molar-refractivity contribution < 1.29 is 62.0 Å². The summed E-state index contributed by atoms with van der Waals surface area (Å²) in [4.78, 5) is 123. The van der Waals surface area contributed by atoms with E-state index >= 15 is 0 Å². The lowest BCUT2D eigenvalue weighted by Gasteiger charge is -2.35. The molecule has 0 aliphatic carbocycles. The zero-order valence-electron chi connectivity index (χ0n) is 48.5. The van der Waals surface area contributed by atoms with Crippen molar-refractivity contribution >= 4 is 47.5 Å². The number of carbonyl (C=O) groups is 8. The number of esters is 4. The van der Waals surface area contributed by atoms with Crippen molar-refractivity contribution in [3.63, 3.8) is 0 Å². The fourth-order valence-electron chi connectivity index (χ4n) is 9.86. The van der Waals surface area contributed by atoms with Crippen molar-refractivity contribution in [1.82, 2.24) is 24.5 Å². The van der Waals surface area contributed by atoms with Gasteiger partial charge in [0.15, 0.2) is 24.4 Å². The summed E-state index contributed by atoms with van der Waals surface area (Å²) in [5.74, 6) is -7.18. The Labute approximate surface area is 457 Å². The van der Waals surface area contributed by atoms with E-state index in [0.717, 1.165) is 46.2 Å². The molecule has 2 saturated heterocycles. The highest BCUT2D eigenvalue weighted by Crippen LogP contribution is 2.25. The summed E-state index contributed by atoms with van der Waals surface area (Å²) in [6, 6.07) is 11.5. The molecule has 0 unspecified atom stereocenters. The number of piperidine rings is 1. The van der Waals surface area contributed by atoms with Gasteiger partial charge in [0.05, 0.1) is 6.10 Å². The Balaban J connectivity index is 1.83.